The van der Waals surface area contributed by atoms with Gasteiger partial charge < -0.3 is 16.3 Å². The fourth-order valence-corrected chi connectivity index (χ4v) is 1.99. The molecular weight excluding hydrogens is 226 g/mol. The lowest BCUT2D eigenvalue weighted by Crippen LogP contribution is -2.07. The molecule has 0 unspecified atom stereocenters. The summed E-state index contributed by atoms with van der Waals surface area (Å²) in [6.07, 6.45) is 1.44. The Hall–Kier alpha value is -1.89. The first kappa shape index (κ1) is 10.6. The van der Waals surface area contributed by atoms with Crippen LogP contribution in [-0.4, -0.2) is 22.0 Å². The van der Waals surface area contributed by atoms with Gasteiger partial charge in [-0.3, -0.25) is 0 Å². The van der Waals surface area contributed by atoms with Crippen LogP contribution in [0.5, 0.6) is 5.75 Å². The zero-order valence-electron chi connectivity index (χ0n) is 8.62. The van der Waals surface area contributed by atoms with E-state index in [-0.39, 0.29) is 0 Å². The summed E-state index contributed by atoms with van der Waals surface area (Å²) >= 11 is 1.36. The first-order valence-corrected chi connectivity index (χ1v) is 5.29. The summed E-state index contributed by atoms with van der Waals surface area (Å²) in [7, 11) is 1.59. The van der Waals surface area contributed by atoms with Gasteiger partial charge in [0.25, 0.3) is 0 Å². The first-order valence-electron chi connectivity index (χ1n) is 4.47. The number of nitrogen functional groups attached to an aromatic ring is 2. The zero-order valence-corrected chi connectivity index (χ0v) is 9.44. The Morgan fingerprint density at radius 2 is 2.25 bits per heavy atom. The molecule has 0 radical (unpaired) electrons. The summed E-state index contributed by atoms with van der Waals surface area (Å²) in [6, 6.07) is 5.40. The predicted molar refractivity (Wildman–Crippen MR) is 61.7 cm³/mol. The molecule has 0 aliphatic rings. The molecule has 0 aliphatic carbocycles. The van der Waals surface area contributed by atoms with Crippen molar-refractivity contribution in [3.05, 3.63) is 24.5 Å². The standard InChI is InChI=1S/C9H11N5OS/c1-15-7-4-6(10)2-3-8(7)16-9-13-12-5-14(9)11/h2-5H,10-11H2,1H3. The van der Waals surface area contributed by atoms with E-state index in [4.69, 9.17) is 16.3 Å². The van der Waals surface area contributed by atoms with Gasteiger partial charge in [-0.25, -0.2) is 4.68 Å². The van der Waals surface area contributed by atoms with Crippen LogP contribution < -0.4 is 16.3 Å². The Kier molecular flexibility index (Phi) is 2.86. The van der Waals surface area contributed by atoms with Crippen LogP contribution in [0.4, 0.5) is 5.69 Å². The SMILES string of the molecule is COc1cc(N)ccc1Sc1nncn1N. The molecule has 0 aliphatic heterocycles. The summed E-state index contributed by atoms with van der Waals surface area (Å²) < 4.78 is 6.56. The Bertz CT molecular complexity index is 498. The predicted octanol–water partition coefficient (Wildman–Crippen LogP) is 0.734. The van der Waals surface area contributed by atoms with Gasteiger partial charge in [0.05, 0.1) is 12.0 Å². The molecule has 84 valence electrons. The minimum absolute atomic E-state index is 0.586. The van der Waals surface area contributed by atoms with Gasteiger partial charge in [0, 0.05) is 11.8 Å². The van der Waals surface area contributed by atoms with Crippen LogP contribution in [0.2, 0.25) is 0 Å². The minimum Gasteiger partial charge on any atom is -0.495 e. The second-order valence-corrected chi connectivity index (χ2v) is 4.04. The molecule has 2 aromatic rings. The Morgan fingerprint density at radius 1 is 1.44 bits per heavy atom. The van der Waals surface area contributed by atoms with Gasteiger partial charge in [0.15, 0.2) is 0 Å². The number of benzene rings is 1. The second-order valence-electron chi connectivity index (χ2n) is 3.03. The van der Waals surface area contributed by atoms with Crippen molar-refractivity contribution in [2.45, 2.75) is 10.1 Å². The lowest BCUT2D eigenvalue weighted by Gasteiger charge is -2.07. The second kappa shape index (κ2) is 4.31. The highest BCUT2D eigenvalue weighted by Gasteiger charge is 2.09. The molecule has 0 atom stereocenters. The topological polar surface area (TPSA) is 92.0 Å². The van der Waals surface area contributed by atoms with Crippen LogP contribution in [0.1, 0.15) is 0 Å². The maximum absolute atomic E-state index is 5.66. The van der Waals surface area contributed by atoms with Crippen LogP contribution in [0.3, 0.4) is 0 Å². The number of hydrogen-bond donors (Lipinski definition) is 2. The van der Waals surface area contributed by atoms with Crippen molar-refractivity contribution < 1.29 is 4.74 Å². The quantitative estimate of drug-likeness (QED) is 0.604. The number of nitrogens with two attached hydrogens (primary N) is 2. The third kappa shape index (κ3) is 2.03. The van der Waals surface area contributed by atoms with E-state index in [9.17, 15) is 0 Å². The van der Waals surface area contributed by atoms with E-state index in [2.05, 4.69) is 10.2 Å². The average molecular weight is 237 g/mol. The summed E-state index contributed by atoms with van der Waals surface area (Å²) in [4.78, 5) is 0.886. The smallest absolute Gasteiger partial charge is 0.214 e. The molecule has 0 fully saturated rings. The molecule has 0 amide bonds. The molecule has 0 bridgehead atoms. The Balaban J connectivity index is 2.31. The third-order valence-electron chi connectivity index (χ3n) is 1.93. The lowest BCUT2D eigenvalue weighted by molar-refractivity contribution is 0.405. The van der Waals surface area contributed by atoms with Gasteiger partial charge in [0.1, 0.15) is 12.1 Å². The Morgan fingerprint density at radius 3 is 2.88 bits per heavy atom. The number of aromatic nitrogens is 3. The number of rotatable bonds is 3. The average Bonchev–Trinajstić information content (AvgIpc) is 2.67. The van der Waals surface area contributed by atoms with E-state index in [1.54, 1.807) is 19.2 Å². The zero-order chi connectivity index (χ0) is 11.5. The molecular formula is C9H11N5OS. The van der Waals surface area contributed by atoms with Crippen LogP contribution in [-0.2, 0) is 0 Å². The highest BCUT2D eigenvalue weighted by atomic mass is 32.2. The summed E-state index contributed by atoms with van der Waals surface area (Å²) in [6.45, 7) is 0. The maximum atomic E-state index is 5.66. The molecule has 2 rings (SSSR count). The number of methoxy groups -OCH3 is 1. The van der Waals surface area contributed by atoms with Crippen LogP contribution in [0.25, 0.3) is 0 Å². The van der Waals surface area contributed by atoms with E-state index >= 15 is 0 Å². The monoisotopic (exact) mass is 237 g/mol. The van der Waals surface area contributed by atoms with Crippen molar-refractivity contribution >= 4 is 17.4 Å². The molecule has 16 heavy (non-hydrogen) atoms. The van der Waals surface area contributed by atoms with E-state index in [1.165, 1.54) is 22.8 Å². The Labute approximate surface area is 96.6 Å². The van der Waals surface area contributed by atoms with Crippen LogP contribution >= 0.6 is 11.8 Å². The fraction of sp³-hybridized carbons (Fsp3) is 0.111. The lowest BCUT2D eigenvalue weighted by atomic mass is 10.3. The fourth-order valence-electron chi connectivity index (χ4n) is 1.17. The normalized spacial score (nSPS) is 10.3. The van der Waals surface area contributed by atoms with Crippen molar-refractivity contribution in [3.8, 4) is 5.75 Å². The highest BCUT2D eigenvalue weighted by Crippen LogP contribution is 2.34. The molecule has 0 saturated carbocycles. The van der Waals surface area contributed by atoms with Gasteiger partial charge in [-0.15, -0.1) is 10.2 Å². The summed E-state index contributed by atoms with van der Waals surface area (Å²) in [5, 5.41) is 8.15. The molecule has 1 aromatic carbocycles. The molecule has 0 spiro atoms. The van der Waals surface area contributed by atoms with Crippen LogP contribution in [0.15, 0.2) is 34.6 Å². The third-order valence-corrected chi connectivity index (χ3v) is 2.96. The van der Waals surface area contributed by atoms with Crippen molar-refractivity contribution in [1.29, 1.82) is 0 Å². The van der Waals surface area contributed by atoms with E-state index in [0.29, 0.717) is 16.6 Å². The van der Waals surface area contributed by atoms with E-state index in [0.717, 1.165) is 4.90 Å². The number of ether oxygens (including phenoxy) is 1. The van der Waals surface area contributed by atoms with Gasteiger partial charge in [-0.2, -0.15) is 0 Å². The van der Waals surface area contributed by atoms with Crippen LogP contribution in [0, 0.1) is 0 Å². The molecule has 7 heteroatoms. The number of anilines is 1. The highest BCUT2D eigenvalue weighted by molar-refractivity contribution is 7.99. The minimum atomic E-state index is 0.586. The van der Waals surface area contributed by atoms with E-state index in [1.807, 2.05) is 6.07 Å². The van der Waals surface area contributed by atoms with Crippen molar-refractivity contribution in [3.63, 3.8) is 0 Å². The number of nitrogens with zero attached hydrogens (tertiary/aromatic N) is 3. The van der Waals surface area contributed by atoms with Crippen molar-refractivity contribution in [1.82, 2.24) is 14.9 Å². The molecule has 6 nitrogen and oxygen atoms in total. The first-order chi connectivity index (χ1) is 7.70. The molecule has 4 N–H and O–H groups in total. The van der Waals surface area contributed by atoms with Crippen molar-refractivity contribution in [2.75, 3.05) is 18.7 Å². The largest absolute Gasteiger partial charge is 0.495 e. The van der Waals surface area contributed by atoms with Gasteiger partial charge in [-0.05, 0) is 23.9 Å². The molecule has 1 aromatic heterocycles. The molecule has 0 saturated heterocycles. The summed E-state index contributed by atoms with van der Waals surface area (Å²) in [5.41, 5.74) is 6.31. The van der Waals surface area contributed by atoms with E-state index < -0.39 is 0 Å². The summed E-state index contributed by atoms with van der Waals surface area (Å²) in [5.74, 6) is 6.30. The van der Waals surface area contributed by atoms with Gasteiger partial charge >= 0.3 is 0 Å². The maximum Gasteiger partial charge on any atom is 0.214 e. The van der Waals surface area contributed by atoms with Crippen molar-refractivity contribution in [2.24, 2.45) is 0 Å². The number of hydrogen-bond acceptors (Lipinski definition) is 6. The van der Waals surface area contributed by atoms with Gasteiger partial charge in [0.2, 0.25) is 5.16 Å². The van der Waals surface area contributed by atoms with Gasteiger partial charge in [-0.1, -0.05) is 0 Å². The molecule has 1 heterocycles.